The van der Waals surface area contributed by atoms with Gasteiger partial charge in [0.25, 0.3) is 0 Å². The molecule has 0 saturated carbocycles. The van der Waals surface area contributed by atoms with Crippen LogP contribution in [0.5, 0.6) is 11.5 Å². The van der Waals surface area contributed by atoms with Gasteiger partial charge in [0.1, 0.15) is 17.8 Å². The zero-order chi connectivity index (χ0) is 11.5. The molecule has 2 aliphatic rings. The molecule has 16 heavy (non-hydrogen) atoms. The first kappa shape index (κ1) is 9.97. The number of methoxy groups -OCH3 is 1. The zero-order valence-electron chi connectivity index (χ0n) is 10.0. The van der Waals surface area contributed by atoms with E-state index in [4.69, 9.17) is 14.2 Å². The van der Waals surface area contributed by atoms with Crippen LogP contribution in [-0.2, 0) is 4.74 Å². The van der Waals surface area contributed by atoms with Gasteiger partial charge in [0.15, 0.2) is 11.5 Å². The summed E-state index contributed by atoms with van der Waals surface area (Å²) in [6.45, 7) is 6.20. The molecular weight excluding hydrogens is 204 g/mol. The Morgan fingerprint density at radius 2 is 2.06 bits per heavy atom. The second-order valence-electron chi connectivity index (χ2n) is 5.01. The highest BCUT2D eigenvalue weighted by Gasteiger charge is 2.57. The summed E-state index contributed by atoms with van der Waals surface area (Å²) in [4.78, 5) is 0. The predicted molar refractivity (Wildman–Crippen MR) is 60.1 cm³/mol. The Labute approximate surface area is 95.3 Å². The van der Waals surface area contributed by atoms with Crippen LogP contribution in [0, 0.1) is 6.92 Å². The van der Waals surface area contributed by atoms with E-state index in [0.29, 0.717) is 0 Å². The third kappa shape index (κ3) is 1.18. The van der Waals surface area contributed by atoms with Gasteiger partial charge in [0.05, 0.1) is 7.11 Å². The molecule has 1 saturated heterocycles. The Kier molecular flexibility index (Phi) is 1.82. The molecule has 2 atom stereocenters. The zero-order valence-corrected chi connectivity index (χ0v) is 10.0. The van der Waals surface area contributed by atoms with Gasteiger partial charge in [-0.25, -0.2) is 0 Å². The SMILES string of the molecule is COc1ccc(C)c2c1OC(C)(C)C1OC21. The third-order valence-corrected chi connectivity index (χ3v) is 3.42. The molecule has 0 N–H and O–H groups in total. The van der Waals surface area contributed by atoms with Crippen LogP contribution in [0.1, 0.15) is 31.1 Å². The van der Waals surface area contributed by atoms with Gasteiger partial charge in [-0.3, -0.25) is 0 Å². The van der Waals surface area contributed by atoms with Gasteiger partial charge >= 0.3 is 0 Å². The summed E-state index contributed by atoms with van der Waals surface area (Å²) in [7, 11) is 1.67. The van der Waals surface area contributed by atoms with Crippen LogP contribution in [0.25, 0.3) is 0 Å². The lowest BCUT2D eigenvalue weighted by atomic mass is 9.91. The summed E-state index contributed by atoms with van der Waals surface area (Å²) in [6, 6.07) is 4.00. The fourth-order valence-electron chi connectivity index (χ4n) is 2.48. The standard InChI is InChI=1S/C13H16O3/c1-7-5-6-8(14-4)10-9(7)11-12(15-11)13(2,3)16-10/h5-6,11-12H,1-4H3. The summed E-state index contributed by atoms with van der Waals surface area (Å²) >= 11 is 0. The number of benzene rings is 1. The van der Waals surface area contributed by atoms with E-state index in [1.165, 1.54) is 5.56 Å². The van der Waals surface area contributed by atoms with E-state index >= 15 is 0 Å². The van der Waals surface area contributed by atoms with Crippen molar-refractivity contribution in [2.75, 3.05) is 7.11 Å². The summed E-state index contributed by atoms with van der Waals surface area (Å²) in [6.07, 6.45) is 0.375. The molecule has 2 heterocycles. The Bertz CT molecular complexity index is 451. The highest BCUT2D eigenvalue weighted by Crippen LogP contribution is 2.57. The van der Waals surface area contributed by atoms with Crippen LogP contribution in [-0.4, -0.2) is 18.8 Å². The molecule has 0 radical (unpaired) electrons. The molecule has 0 aliphatic carbocycles. The lowest BCUT2D eigenvalue weighted by Gasteiger charge is -2.31. The van der Waals surface area contributed by atoms with Crippen LogP contribution in [0.2, 0.25) is 0 Å². The summed E-state index contributed by atoms with van der Waals surface area (Å²) in [5.41, 5.74) is 2.10. The molecule has 2 aliphatic heterocycles. The van der Waals surface area contributed by atoms with Crippen molar-refractivity contribution in [1.82, 2.24) is 0 Å². The van der Waals surface area contributed by atoms with Gasteiger partial charge in [-0.1, -0.05) is 6.07 Å². The Hall–Kier alpha value is -1.22. The molecular formula is C13H16O3. The fourth-order valence-corrected chi connectivity index (χ4v) is 2.48. The van der Waals surface area contributed by atoms with Crippen molar-refractivity contribution in [3.63, 3.8) is 0 Å². The largest absolute Gasteiger partial charge is 0.493 e. The van der Waals surface area contributed by atoms with E-state index in [1.807, 2.05) is 6.07 Å². The summed E-state index contributed by atoms with van der Waals surface area (Å²) < 4.78 is 17.1. The van der Waals surface area contributed by atoms with Gasteiger partial charge in [0, 0.05) is 5.56 Å². The molecule has 1 fully saturated rings. The average molecular weight is 220 g/mol. The molecule has 0 bridgehead atoms. The second-order valence-corrected chi connectivity index (χ2v) is 5.01. The van der Waals surface area contributed by atoms with E-state index in [9.17, 15) is 0 Å². The molecule has 3 rings (SSSR count). The van der Waals surface area contributed by atoms with Crippen molar-refractivity contribution in [2.24, 2.45) is 0 Å². The van der Waals surface area contributed by atoms with Crippen LogP contribution >= 0.6 is 0 Å². The first-order valence-corrected chi connectivity index (χ1v) is 5.56. The first-order valence-electron chi connectivity index (χ1n) is 5.56. The molecule has 0 amide bonds. The minimum Gasteiger partial charge on any atom is -0.493 e. The normalized spacial score (nSPS) is 28.8. The summed E-state index contributed by atoms with van der Waals surface area (Å²) in [5, 5.41) is 0. The van der Waals surface area contributed by atoms with Crippen LogP contribution < -0.4 is 9.47 Å². The average Bonchev–Trinajstić information content (AvgIpc) is 2.98. The molecule has 1 aromatic carbocycles. The van der Waals surface area contributed by atoms with Crippen molar-refractivity contribution in [3.8, 4) is 11.5 Å². The van der Waals surface area contributed by atoms with Crippen molar-refractivity contribution in [2.45, 2.75) is 38.6 Å². The molecule has 2 unspecified atom stereocenters. The number of ether oxygens (including phenoxy) is 3. The maximum absolute atomic E-state index is 6.03. The molecule has 3 heteroatoms. The van der Waals surface area contributed by atoms with Crippen molar-refractivity contribution < 1.29 is 14.2 Å². The first-order chi connectivity index (χ1) is 7.54. The Morgan fingerprint density at radius 1 is 1.31 bits per heavy atom. The monoisotopic (exact) mass is 220 g/mol. The smallest absolute Gasteiger partial charge is 0.168 e. The third-order valence-electron chi connectivity index (χ3n) is 3.42. The highest BCUT2D eigenvalue weighted by molar-refractivity contribution is 5.55. The highest BCUT2D eigenvalue weighted by atomic mass is 16.6. The summed E-state index contributed by atoms with van der Waals surface area (Å²) in [5.74, 6) is 1.65. The van der Waals surface area contributed by atoms with Crippen LogP contribution in [0.4, 0.5) is 0 Å². The molecule has 3 nitrogen and oxygen atoms in total. The van der Waals surface area contributed by atoms with E-state index in [1.54, 1.807) is 7.11 Å². The topological polar surface area (TPSA) is 31.0 Å². The van der Waals surface area contributed by atoms with E-state index < -0.39 is 0 Å². The lowest BCUT2D eigenvalue weighted by molar-refractivity contribution is 0.0691. The molecule has 86 valence electrons. The van der Waals surface area contributed by atoms with E-state index in [2.05, 4.69) is 26.8 Å². The number of aryl methyl sites for hydroxylation is 1. The molecule has 0 spiro atoms. The van der Waals surface area contributed by atoms with E-state index in [0.717, 1.165) is 17.1 Å². The minimum atomic E-state index is -0.265. The molecule has 0 aromatic heterocycles. The second kappa shape index (κ2) is 2.92. The van der Waals surface area contributed by atoms with Crippen molar-refractivity contribution >= 4 is 0 Å². The molecule has 1 aromatic rings. The van der Waals surface area contributed by atoms with Gasteiger partial charge in [-0.2, -0.15) is 0 Å². The van der Waals surface area contributed by atoms with Gasteiger partial charge < -0.3 is 14.2 Å². The van der Waals surface area contributed by atoms with Gasteiger partial charge in [-0.05, 0) is 32.4 Å². The fraction of sp³-hybridized carbons (Fsp3) is 0.538. The number of hydrogen-bond donors (Lipinski definition) is 0. The maximum atomic E-state index is 6.03. The van der Waals surface area contributed by atoms with E-state index in [-0.39, 0.29) is 17.8 Å². The Morgan fingerprint density at radius 3 is 2.75 bits per heavy atom. The van der Waals surface area contributed by atoms with Crippen molar-refractivity contribution in [1.29, 1.82) is 0 Å². The minimum absolute atomic E-state index is 0.186. The number of rotatable bonds is 1. The predicted octanol–water partition coefficient (Wildman–Crippen LogP) is 2.61. The maximum Gasteiger partial charge on any atom is 0.168 e. The van der Waals surface area contributed by atoms with Crippen molar-refractivity contribution in [3.05, 3.63) is 23.3 Å². The number of fused-ring (bicyclic) bond motifs is 3. The number of hydrogen-bond acceptors (Lipinski definition) is 3. The van der Waals surface area contributed by atoms with Crippen LogP contribution in [0.15, 0.2) is 12.1 Å². The number of epoxide rings is 1. The van der Waals surface area contributed by atoms with Gasteiger partial charge in [0.2, 0.25) is 0 Å². The Balaban J connectivity index is 2.18. The van der Waals surface area contributed by atoms with Crippen LogP contribution in [0.3, 0.4) is 0 Å². The van der Waals surface area contributed by atoms with Gasteiger partial charge in [-0.15, -0.1) is 0 Å². The quantitative estimate of drug-likeness (QED) is 0.682. The lowest BCUT2D eigenvalue weighted by Crippen LogP contribution is -2.38.